The van der Waals surface area contributed by atoms with Crippen molar-refractivity contribution in [2.75, 3.05) is 6.54 Å². The van der Waals surface area contributed by atoms with Gasteiger partial charge in [-0.3, -0.25) is 9.59 Å². The predicted molar refractivity (Wildman–Crippen MR) is 70.5 cm³/mol. The van der Waals surface area contributed by atoms with Crippen molar-refractivity contribution in [3.8, 4) is 0 Å². The second kappa shape index (κ2) is 5.14. The summed E-state index contributed by atoms with van der Waals surface area (Å²) in [6.45, 7) is 0.850. The first-order valence-corrected chi connectivity index (χ1v) is 7.72. The second-order valence-electron chi connectivity index (χ2n) is 6.43. The summed E-state index contributed by atoms with van der Waals surface area (Å²) in [5.74, 6) is -0.628. The normalized spacial score (nSPS) is 35.4. The van der Waals surface area contributed by atoms with Crippen LogP contribution in [0.5, 0.6) is 0 Å². The minimum absolute atomic E-state index is 0.125. The number of nitrogens with zero attached hydrogens (tertiary/aromatic N) is 1. The van der Waals surface area contributed by atoms with E-state index in [0.717, 1.165) is 19.4 Å². The molecule has 1 amide bonds. The molecule has 1 aliphatic heterocycles. The maximum Gasteiger partial charge on any atom is 0.307 e. The molecule has 0 bridgehead atoms. The van der Waals surface area contributed by atoms with Crippen LogP contribution in [0.1, 0.15) is 51.4 Å². The minimum Gasteiger partial charge on any atom is -0.481 e. The third kappa shape index (κ3) is 2.49. The molecule has 3 aliphatic rings. The molecule has 1 saturated heterocycles. The van der Waals surface area contributed by atoms with Crippen LogP contribution in [0.3, 0.4) is 0 Å². The van der Waals surface area contributed by atoms with Crippen molar-refractivity contribution in [3.63, 3.8) is 0 Å². The molecule has 3 unspecified atom stereocenters. The first-order chi connectivity index (χ1) is 9.18. The molecule has 3 fully saturated rings. The lowest BCUT2D eigenvalue weighted by Crippen LogP contribution is -2.42. The van der Waals surface area contributed by atoms with Gasteiger partial charge < -0.3 is 10.0 Å². The maximum absolute atomic E-state index is 12.4. The summed E-state index contributed by atoms with van der Waals surface area (Å²) in [6.07, 6.45) is 9.21. The van der Waals surface area contributed by atoms with Gasteiger partial charge in [-0.1, -0.05) is 19.3 Å². The standard InChI is InChI=1S/C15H23NO3/c17-14(11-9-12(11)15(18)19)16-8-4-7-13(16)10-5-2-1-3-6-10/h10-13H,1-9H2,(H,18,19). The number of rotatable bonds is 3. The molecule has 4 heteroatoms. The summed E-state index contributed by atoms with van der Waals surface area (Å²) in [5.41, 5.74) is 0. The monoisotopic (exact) mass is 265 g/mol. The lowest BCUT2D eigenvalue weighted by molar-refractivity contribution is -0.142. The van der Waals surface area contributed by atoms with E-state index in [4.69, 9.17) is 5.11 Å². The third-order valence-electron chi connectivity index (χ3n) is 5.20. The number of carboxylic acid groups (broad SMARTS) is 1. The maximum atomic E-state index is 12.4. The van der Waals surface area contributed by atoms with Crippen molar-refractivity contribution in [1.29, 1.82) is 0 Å². The molecule has 1 N–H and O–H groups in total. The highest BCUT2D eigenvalue weighted by molar-refractivity contribution is 5.89. The highest BCUT2D eigenvalue weighted by Gasteiger charge is 2.51. The first kappa shape index (κ1) is 12.9. The smallest absolute Gasteiger partial charge is 0.307 e. The van der Waals surface area contributed by atoms with E-state index in [0.29, 0.717) is 18.4 Å². The summed E-state index contributed by atoms with van der Waals surface area (Å²) in [6, 6.07) is 0.405. The molecule has 4 nitrogen and oxygen atoms in total. The van der Waals surface area contributed by atoms with Gasteiger partial charge in [0.25, 0.3) is 0 Å². The van der Waals surface area contributed by atoms with E-state index in [2.05, 4.69) is 0 Å². The summed E-state index contributed by atoms with van der Waals surface area (Å²) >= 11 is 0. The Morgan fingerprint density at radius 1 is 0.947 bits per heavy atom. The number of aliphatic carboxylic acids is 1. The van der Waals surface area contributed by atoms with Gasteiger partial charge in [0.1, 0.15) is 0 Å². The van der Waals surface area contributed by atoms with Crippen LogP contribution in [0.25, 0.3) is 0 Å². The molecule has 2 saturated carbocycles. The quantitative estimate of drug-likeness (QED) is 0.851. The number of likely N-dealkylation sites (tertiary alicyclic amines) is 1. The van der Waals surface area contributed by atoms with Gasteiger partial charge in [0.15, 0.2) is 0 Å². The van der Waals surface area contributed by atoms with E-state index < -0.39 is 11.9 Å². The molecule has 0 aromatic rings. The molecule has 0 spiro atoms. The van der Waals surface area contributed by atoms with E-state index in [1.165, 1.54) is 32.1 Å². The van der Waals surface area contributed by atoms with Crippen LogP contribution < -0.4 is 0 Å². The summed E-state index contributed by atoms with van der Waals surface area (Å²) in [5, 5.41) is 8.96. The van der Waals surface area contributed by atoms with Crippen molar-refractivity contribution in [2.24, 2.45) is 17.8 Å². The average Bonchev–Trinajstić information content (AvgIpc) is 3.08. The molecule has 1 heterocycles. The molecular formula is C15H23NO3. The Morgan fingerprint density at radius 3 is 2.32 bits per heavy atom. The van der Waals surface area contributed by atoms with Crippen LogP contribution >= 0.6 is 0 Å². The highest BCUT2D eigenvalue weighted by atomic mass is 16.4. The molecule has 3 atom stereocenters. The Bertz CT molecular complexity index is 376. The van der Waals surface area contributed by atoms with Crippen molar-refractivity contribution >= 4 is 11.9 Å². The fourth-order valence-corrected chi connectivity index (χ4v) is 4.03. The Labute approximate surface area is 114 Å². The van der Waals surface area contributed by atoms with Crippen LogP contribution in [-0.4, -0.2) is 34.5 Å². The van der Waals surface area contributed by atoms with Crippen molar-refractivity contribution in [2.45, 2.75) is 57.4 Å². The molecule has 106 valence electrons. The number of amides is 1. The number of carbonyl (C=O) groups is 2. The van der Waals surface area contributed by atoms with Gasteiger partial charge >= 0.3 is 5.97 Å². The third-order valence-corrected chi connectivity index (χ3v) is 5.20. The summed E-state index contributed by atoms with van der Waals surface area (Å²) in [4.78, 5) is 25.4. The molecule has 0 aromatic carbocycles. The lowest BCUT2D eigenvalue weighted by Gasteiger charge is -2.34. The lowest BCUT2D eigenvalue weighted by atomic mass is 9.83. The van der Waals surface area contributed by atoms with Crippen molar-refractivity contribution in [3.05, 3.63) is 0 Å². The summed E-state index contributed by atoms with van der Waals surface area (Å²) in [7, 11) is 0. The molecule has 0 radical (unpaired) electrons. The zero-order valence-electron chi connectivity index (χ0n) is 11.4. The van der Waals surface area contributed by atoms with E-state index in [1.807, 2.05) is 4.90 Å². The highest BCUT2D eigenvalue weighted by Crippen LogP contribution is 2.43. The Balaban J connectivity index is 1.63. The van der Waals surface area contributed by atoms with Gasteiger partial charge in [0, 0.05) is 12.6 Å². The molecule has 0 aromatic heterocycles. The minimum atomic E-state index is -0.799. The first-order valence-electron chi connectivity index (χ1n) is 7.72. The number of hydrogen-bond acceptors (Lipinski definition) is 2. The molecule has 3 rings (SSSR count). The van der Waals surface area contributed by atoms with Crippen LogP contribution in [0.2, 0.25) is 0 Å². The van der Waals surface area contributed by atoms with Crippen LogP contribution in [-0.2, 0) is 9.59 Å². The number of hydrogen-bond donors (Lipinski definition) is 1. The van der Waals surface area contributed by atoms with Gasteiger partial charge in [-0.2, -0.15) is 0 Å². The number of carboxylic acids is 1. The predicted octanol–water partition coefficient (Wildman–Crippen LogP) is 2.28. The van der Waals surface area contributed by atoms with Crippen LogP contribution in [0, 0.1) is 17.8 Å². The van der Waals surface area contributed by atoms with Crippen LogP contribution in [0.15, 0.2) is 0 Å². The van der Waals surface area contributed by atoms with E-state index in [1.54, 1.807) is 0 Å². The van der Waals surface area contributed by atoms with Gasteiger partial charge in [-0.15, -0.1) is 0 Å². The Kier molecular flexibility index (Phi) is 3.50. The average molecular weight is 265 g/mol. The molecule has 2 aliphatic carbocycles. The zero-order valence-corrected chi connectivity index (χ0v) is 11.4. The second-order valence-corrected chi connectivity index (χ2v) is 6.43. The van der Waals surface area contributed by atoms with E-state index >= 15 is 0 Å². The van der Waals surface area contributed by atoms with Gasteiger partial charge in [-0.05, 0) is 38.0 Å². The summed E-state index contributed by atoms with van der Waals surface area (Å²) < 4.78 is 0. The van der Waals surface area contributed by atoms with E-state index in [9.17, 15) is 9.59 Å². The topological polar surface area (TPSA) is 57.6 Å². The van der Waals surface area contributed by atoms with Crippen molar-refractivity contribution in [1.82, 2.24) is 4.90 Å². The molecular weight excluding hydrogens is 242 g/mol. The van der Waals surface area contributed by atoms with Gasteiger partial charge in [0.2, 0.25) is 5.91 Å². The Morgan fingerprint density at radius 2 is 1.68 bits per heavy atom. The van der Waals surface area contributed by atoms with Crippen LogP contribution in [0.4, 0.5) is 0 Å². The van der Waals surface area contributed by atoms with Gasteiger partial charge in [-0.25, -0.2) is 0 Å². The number of carbonyl (C=O) groups excluding carboxylic acids is 1. The fraction of sp³-hybridized carbons (Fsp3) is 0.867. The van der Waals surface area contributed by atoms with Crippen molar-refractivity contribution < 1.29 is 14.7 Å². The Hall–Kier alpha value is -1.06. The molecule has 19 heavy (non-hydrogen) atoms. The van der Waals surface area contributed by atoms with E-state index in [-0.39, 0.29) is 11.8 Å². The zero-order chi connectivity index (χ0) is 13.4. The SMILES string of the molecule is O=C(O)C1CC1C(=O)N1CCCC1C1CCCCC1. The largest absolute Gasteiger partial charge is 0.481 e. The fourth-order valence-electron chi connectivity index (χ4n) is 4.03. The van der Waals surface area contributed by atoms with Gasteiger partial charge in [0.05, 0.1) is 11.8 Å².